The molecule has 1 unspecified atom stereocenters. The highest BCUT2D eigenvalue weighted by atomic mass is 19.2. The van der Waals surface area contributed by atoms with Crippen molar-refractivity contribution < 1.29 is 23.0 Å². The number of hydrogen-bond acceptors (Lipinski definition) is 3. The number of hydrogen-bond donors (Lipinski definition) is 0. The van der Waals surface area contributed by atoms with Crippen molar-refractivity contribution in [2.45, 2.75) is 6.42 Å². The second kappa shape index (κ2) is 6.02. The van der Waals surface area contributed by atoms with Gasteiger partial charge in [-0.2, -0.15) is 0 Å². The van der Waals surface area contributed by atoms with Gasteiger partial charge in [0.15, 0.2) is 17.4 Å². The van der Waals surface area contributed by atoms with Crippen molar-refractivity contribution >= 4 is 5.78 Å². The van der Waals surface area contributed by atoms with Crippen LogP contribution < -0.4 is 0 Å². The van der Waals surface area contributed by atoms with E-state index in [0.717, 1.165) is 25.2 Å². The van der Waals surface area contributed by atoms with Crippen LogP contribution in [0.15, 0.2) is 18.2 Å². The van der Waals surface area contributed by atoms with E-state index in [1.54, 1.807) is 0 Å². The van der Waals surface area contributed by atoms with E-state index in [1.807, 2.05) is 0 Å². The lowest BCUT2D eigenvalue weighted by Crippen LogP contribution is -2.15. The second-order valence-corrected chi connectivity index (χ2v) is 4.30. The Hall–Kier alpha value is -1.33. The van der Waals surface area contributed by atoms with Crippen LogP contribution in [0.1, 0.15) is 16.8 Å². The molecule has 1 heterocycles. The first-order chi connectivity index (χ1) is 8.66. The fourth-order valence-electron chi connectivity index (χ4n) is 1.79. The summed E-state index contributed by atoms with van der Waals surface area (Å²) in [6.07, 6.45) is 0.930. The highest BCUT2D eigenvalue weighted by Crippen LogP contribution is 2.13. The molecule has 0 aromatic heterocycles. The third-order valence-electron chi connectivity index (χ3n) is 2.85. The minimum absolute atomic E-state index is 0.122. The van der Waals surface area contributed by atoms with Gasteiger partial charge in [0.05, 0.1) is 13.2 Å². The number of benzene rings is 1. The van der Waals surface area contributed by atoms with E-state index in [4.69, 9.17) is 9.47 Å². The van der Waals surface area contributed by atoms with Gasteiger partial charge in [-0.25, -0.2) is 8.78 Å². The molecule has 18 heavy (non-hydrogen) atoms. The first-order valence-corrected chi connectivity index (χ1v) is 5.80. The first-order valence-electron chi connectivity index (χ1n) is 5.80. The molecular formula is C13H14F2O3. The Bertz CT molecular complexity index is 428. The summed E-state index contributed by atoms with van der Waals surface area (Å²) in [6, 6.07) is 3.08. The van der Waals surface area contributed by atoms with Gasteiger partial charge in [-0.05, 0) is 24.6 Å². The number of rotatable bonds is 5. The quantitative estimate of drug-likeness (QED) is 0.758. The van der Waals surface area contributed by atoms with Crippen molar-refractivity contribution in [1.82, 2.24) is 0 Å². The molecule has 0 N–H and O–H groups in total. The highest BCUT2D eigenvalue weighted by Gasteiger charge is 2.16. The van der Waals surface area contributed by atoms with Crippen molar-refractivity contribution in [2.75, 3.05) is 26.4 Å². The van der Waals surface area contributed by atoms with Crippen LogP contribution in [0.2, 0.25) is 0 Å². The second-order valence-electron chi connectivity index (χ2n) is 4.30. The number of carbonyl (C=O) groups is 1. The van der Waals surface area contributed by atoms with Gasteiger partial charge >= 0.3 is 0 Å². The number of ether oxygens (including phenoxy) is 2. The lowest BCUT2D eigenvalue weighted by atomic mass is 10.1. The van der Waals surface area contributed by atoms with Crippen LogP contribution in [0.4, 0.5) is 8.78 Å². The Morgan fingerprint density at radius 2 is 2.22 bits per heavy atom. The summed E-state index contributed by atoms with van der Waals surface area (Å²) in [5.74, 6) is -2.02. The number of halogens is 2. The Kier molecular flexibility index (Phi) is 4.38. The van der Waals surface area contributed by atoms with E-state index >= 15 is 0 Å². The van der Waals surface area contributed by atoms with Crippen LogP contribution in [0, 0.1) is 17.6 Å². The number of Topliss-reactive ketones (excluding diaryl/α,β-unsaturated/α-hetero) is 1. The topological polar surface area (TPSA) is 35.5 Å². The zero-order chi connectivity index (χ0) is 13.0. The molecule has 1 saturated heterocycles. The summed E-state index contributed by atoms with van der Waals surface area (Å²) in [5, 5.41) is 0. The minimum Gasteiger partial charge on any atom is -0.381 e. The molecule has 1 aromatic rings. The standard InChI is InChI=1S/C13H14F2O3/c14-11-2-1-10(5-12(11)15)13(16)8-18-7-9-3-4-17-6-9/h1-2,5,9H,3-4,6-8H2. The molecule has 1 aliphatic rings. The fraction of sp³-hybridized carbons (Fsp3) is 0.462. The molecule has 3 nitrogen and oxygen atoms in total. The maximum Gasteiger partial charge on any atom is 0.188 e. The lowest BCUT2D eigenvalue weighted by molar-refractivity contribution is 0.0651. The van der Waals surface area contributed by atoms with E-state index < -0.39 is 11.6 Å². The van der Waals surface area contributed by atoms with Crippen LogP contribution in [0.3, 0.4) is 0 Å². The summed E-state index contributed by atoms with van der Waals surface area (Å²) in [6.45, 7) is 1.71. The van der Waals surface area contributed by atoms with Gasteiger partial charge in [-0.3, -0.25) is 4.79 Å². The van der Waals surface area contributed by atoms with Gasteiger partial charge < -0.3 is 9.47 Å². The third kappa shape index (κ3) is 3.34. The molecule has 0 aliphatic carbocycles. The molecule has 5 heteroatoms. The maximum absolute atomic E-state index is 12.9. The summed E-state index contributed by atoms with van der Waals surface area (Å²) in [5.41, 5.74) is 0.122. The Balaban J connectivity index is 1.81. The summed E-state index contributed by atoms with van der Waals surface area (Å²) in [4.78, 5) is 11.6. The highest BCUT2D eigenvalue weighted by molar-refractivity contribution is 5.97. The van der Waals surface area contributed by atoms with Gasteiger partial charge in [0.25, 0.3) is 0 Å². The van der Waals surface area contributed by atoms with E-state index in [0.29, 0.717) is 19.1 Å². The van der Waals surface area contributed by atoms with Crippen LogP contribution in [-0.2, 0) is 9.47 Å². The molecule has 0 radical (unpaired) electrons. The molecule has 1 fully saturated rings. The van der Waals surface area contributed by atoms with Gasteiger partial charge in [-0.15, -0.1) is 0 Å². The Morgan fingerprint density at radius 1 is 1.39 bits per heavy atom. The molecule has 1 aromatic carbocycles. The summed E-state index contributed by atoms with van der Waals surface area (Å²) < 4.78 is 36.0. The van der Waals surface area contributed by atoms with Crippen LogP contribution >= 0.6 is 0 Å². The summed E-state index contributed by atoms with van der Waals surface area (Å²) >= 11 is 0. The third-order valence-corrected chi connectivity index (χ3v) is 2.85. The molecular weight excluding hydrogens is 242 g/mol. The van der Waals surface area contributed by atoms with Crippen molar-refractivity contribution in [3.8, 4) is 0 Å². The van der Waals surface area contributed by atoms with Crippen molar-refractivity contribution in [3.05, 3.63) is 35.4 Å². The first kappa shape index (κ1) is 13.1. The molecule has 0 spiro atoms. The van der Waals surface area contributed by atoms with Crippen molar-refractivity contribution in [1.29, 1.82) is 0 Å². The maximum atomic E-state index is 12.9. The van der Waals surface area contributed by atoms with Crippen LogP contribution in [0.5, 0.6) is 0 Å². The van der Waals surface area contributed by atoms with Gasteiger partial charge in [0.2, 0.25) is 0 Å². The van der Waals surface area contributed by atoms with Crippen LogP contribution in [0.25, 0.3) is 0 Å². The zero-order valence-electron chi connectivity index (χ0n) is 9.83. The average Bonchev–Trinajstić information content (AvgIpc) is 2.85. The molecule has 0 bridgehead atoms. The van der Waals surface area contributed by atoms with E-state index in [2.05, 4.69) is 0 Å². The normalized spacial score (nSPS) is 19.1. The fourth-order valence-corrected chi connectivity index (χ4v) is 1.79. The number of carbonyl (C=O) groups excluding carboxylic acids is 1. The molecule has 0 saturated carbocycles. The minimum atomic E-state index is -1.02. The Labute approximate surface area is 104 Å². The molecule has 1 aliphatic heterocycles. The van der Waals surface area contributed by atoms with E-state index in [1.165, 1.54) is 6.07 Å². The van der Waals surface area contributed by atoms with E-state index in [9.17, 15) is 13.6 Å². The smallest absolute Gasteiger partial charge is 0.188 e. The average molecular weight is 256 g/mol. The van der Waals surface area contributed by atoms with Crippen LogP contribution in [-0.4, -0.2) is 32.2 Å². The predicted octanol–water partition coefficient (Wildman–Crippen LogP) is 2.20. The zero-order valence-corrected chi connectivity index (χ0v) is 9.83. The van der Waals surface area contributed by atoms with E-state index in [-0.39, 0.29) is 18.0 Å². The van der Waals surface area contributed by atoms with Crippen molar-refractivity contribution in [2.24, 2.45) is 5.92 Å². The summed E-state index contributed by atoms with van der Waals surface area (Å²) in [7, 11) is 0. The molecule has 0 amide bonds. The SMILES string of the molecule is O=C(COCC1CCOC1)c1ccc(F)c(F)c1. The Morgan fingerprint density at radius 3 is 2.89 bits per heavy atom. The monoisotopic (exact) mass is 256 g/mol. The van der Waals surface area contributed by atoms with Crippen molar-refractivity contribution in [3.63, 3.8) is 0 Å². The largest absolute Gasteiger partial charge is 0.381 e. The molecule has 98 valence electrons. The molecule has 2 rings (SSSR count). The van der Waals surface area contributed by atoms with Gasteiger partial charge in [0, 0.05) is 18.1 Å². The predicted molar refractivity (Wildman–Crippen MR) is 60.4 cm³/mol. The molecule has 1 atom stereocenters. The number of ketones is 1. The lowest BCUT2D eigenvalue weighted by Gasteiger charge is -2.08. The van der Waals surface area contributed by atoms with Gasteiger partial charge in [0.1, 0.15) is 6.61 Å². The van der Waals surface area contributed by atoms with Gasteiger partial charge in [-0.1, -0.05) is 0 Å².